The first-order chi connectivity index (χ1) is 11.4. The van der Waals surface area contributed by atoms with Crippen molar-refractivity contribution in [2.24, 2.45) is 10.2 Å². The predicted molar refractivity (Wildman–Crippen MR) is 91.4 cm³/mol. The minimum absolute atomic E-state index is 0.133. The van der Waals surface area contributed by atoms with Gasteiger partial charge in [0.05, 0.1) is 22.3 Å². The Labute approximate surface area is 145 Å². The van der Waals surface area contributed by atoms with Crippen molar-refractivity contribution < 1.29 is 9.85 Å². The number of non-ortho nitro benzene ring substituents is 2. The summed E-state index contributed by atoms with van der Waals surface area (Å²) in [5.41, 5.74) is 0.361. The fourth-order valence-electron chi connectivity index (χ4n) is 1.68. The van der Waals surface area contributed by atoms with Crippen molar-refractivity contribution in [2.45, 2.75) is 0 Å². The van der Waals surface area contributed by atoms with Crippen LogP contribution in [0.15, 0.2) is 46.6 Å². The highest BCUT2D eigenvalue weighted by Gasteiger charge is 2.09. The molecule has 0 saturated carbocycles. The van der Waals surface area contributed by atoms with E-state index in [-0.39, 0.29) is 21.4 Å². The average molecular weight is 367 g/mol. The van der Waals surface area contributed by atoms with Gasteiger partial charge in [0, 0.05) is 45.4 Å². The monoisotopic (exact) mass is 366 g/mol. The summed E-state index contributed by atoms with van der Waals surface area (Å²) in [5, 5.41) is 29.4. The van der Waals surface area contributed by atoms with E-state index in [9.17, 15) is 20.2 Å². The summed E-state index contributed by atoms with van der Waals surface area (Å²) in [4.78, 5) is 20.3. The molecule has 0 spiro atoms. The second kappa shape index (κ2) is 7.62. The number of nitrogens with zero attached hydrogens (tertiary/aromatic N) is 4. The van der Waals surface area contributed by atoms with Crippen LogP contribution < -0.4 is 0 Å². The molecule has 0 saturated heterocycles. The molecule has 0 aliphatic carbocycles. The van der Waals surface area contributed by atoms with Crippen LogP contribution in [0.5, 0.6) is 0 Å². The Hall–Kier alpha value is -2.84. The number of hydrogen-bond acceptors (Lipinski definition) is 6. The number of rotatable bonds is 5. The Kier molecular flexibility index (Phi) is 5.56. The summed E-state index contributed by atoms with van der Waals surface area (Å²) in [6, 6.07) is 7.80. The van der Waals surface area contributed by atoms with Crippen molar-refractivity contribution in [1.82, 2.24) is 0 Å². The molecule has 122 valence electrons. The van der Waals surface area contributed by atoms with E-state index >= 15 is 0 Å². The zero-order valence-corrected chi connectivity index (χ0v) is 13.3. The second-order valence-electron chi connectivity index (χ2n) is 4.41. The number of nitro benzene ring substituents is 2. The van der Waals surface area contributed by atoms with Crippen molar-refractivity contribution in [3.63, 3.8) is 0 Å². The smallest absolute Gasteiger partial charge is 0.258 e. The molecule has 0 atom stereocenters. The van der Waals surface area contributed by atoms with Crippen molar-refractivity contribution in [3.05, 3.63) is 77.8 Å². The highest BCUT2D eigenvalue weighted by Crippen LogP contribution is 2.21. The lowest BCUT2D eigenvalue weighted by atomic mass is 10.2. The van der Waals surface area contributed by atoms with Gasteiger partial charge in [0.2, 0.25) is 0 Å². The molecule has 10 heteroatoms. The second-order valence-corrected chi connectivity index (χ2v) is 5.23. The van der Waals surface area contributed by atoms with Crippen LogP contribution in [0.25, 0.3) is 0 Å². The van der Waals surface area contributed by atoms with E-state index in [0.29, 0.717) is 11.1 Å². The molecule has 0 aliphatic rings. The Bertz CT molecular complexity index is 796. The molecule has 0 unspecified atom stereocenters. The predicted octanol–water partition coefficient (Wildman–Crippen LogP) is 4.26. The van der Waals surface area contributed by atoms with Crippen molar-refractivity contribution in [3.8, 4) is 0 Å². The quantitative estimate of drug-likeness (QED) is 0.446. The lowest BCUT2D eigenvalue weighted by Crippen LogP contribution is -1.91. The van der Waals surface area contributed by atoms with Crippen LogP contribution in [0.2, 0.25) is 10.0 Å². The van der Waals surface area contributed by atoms with Crippen molar-refractivity contribution in [2.75, 3.05) is 0 Å². The summed E-state index contributed by atoms with van der Waals surface area (Å²) in [7, 11) is 0. The standard InChI is InChI=1S/C14H8Cl2N4O4/c15-13-3-1-11(19(21)22)5-9(13)7-17-18-8-10-6-12(20(23)24)2-4-14(10)16/h1-8H/b17-7+,18-8+. The maximum atomic E-state index is 10.7. The van der Waals surface area contributed by atoms with E-state index in [1.165, 1.54) is 48.8 Å². The first-order valence-corrected chi connectivity index (χ1v) is 7.08. The Balaban J connectivity index is 2.21. The largest absolute Gasteiger partial charge is 0.270 e. The molecule has 0 aromatic heterocycles. The van der Waals surface area contributed by atoms with E-state index in [2.05, 4.69) is 10.2 Å². The summed E-state index contributed by atoms with van der Waals surface area (Å²) < 4.78 is 0. The van der Waals surface area contributed by atoms with Gasteiger partial charge in [-0.1, -0.05) is 23.2 Å². The molecule has 0 aliphatic heterocycles. The van der Waals surface area contributed by atoms with Crippen molar-refractivity contribution >= 4 is 47.0 Å². The number of hydrogen-bond donors (Lipinski definition) is 0. The van der Waals surface area contributed by atoms with Gasteiger partial charge in [-0.15, -0.1) is 0 Å². The molecule has 8 nitrogen and oxygen atoms in total. The van der Waals surface area contributed by atoms with Crippen LogP contribution in [0.1, 0.15) is 11.1 Å². The molecular weight excluding hydrogens is 359 g/mol. The average Bonchev–Trinajstić information content (AvgIpc) is 2.54. The van der Waals surface area contributed by atoms with Gasteiger partial charge >= 0.3 is 0 Å². The topological polar surface area (TPSA) is 111 Å². The van der Waals surface area contributed by atoms with Gasteiger partial charge in [0.15, 0.2) is 0 Å². The minimum Gasteiger partial charge on any atom is -0.258 e. The third-order valence-electron chi connectivity index (χ3n) is 2.84. The van der Waals surface area contributed by atoms with E-state index in [1.807, 2.05) is 0 Å². The summed E-state index contributed by atoms with van der Waals surface area (Å²) in [6.07, 6.45) is 2.47. The summed E-state index contributed by atoms with van der Waals surface area (Å²) in [5.74, 6) is 0. The molecule has 0 N–H and O–H groups in total. The third-order valence-corrected chi connectivity index (χ3v) is 3.53. The molecule has 0 heterocycles. The number of nitro groups is 2. The van der Waals surface area contributed by atoms with Gasteiger partial charge < -0.3 is 0 Å². The van der Waals surface area contributed by atoms with Crippen LogP contribution in [-0.2, 0) is 0 Å². The van der Waals surface area contributed by atoms with Gasteiger partial charge in [-0.05, 0) is 12.1 Å². The van der Waals surface area contributed by atoms with Gasteiger partial charge in [0.25, 0.3) is 11.4 Å². The van der Waals surface area contributed by atoms with Crippen molar-refractivity contribution in [1.29, 1.82) is 0 Å². The van der Waals surface area contributed by atoms with Gasteiger partial charge in [-0.2, -0.15) is 10.2 Å². The van der Waals surface area contributed by atoms with E-state index in [4.69, 9.17) is 23.2 Å². The van der Waals surface area contributed by atoms with Crippen LogP contribution in [0.4, 0.5) is 11.4 Å². The number of halogens is 2. The molecule has 2 rings (SSSR count). The molecule has 0 fully saturated rings. The van der Waals surface area contributed by atoms with E-state index < -0.39 is 9.85 Å². The highest BCUT2D eigenvalue weighted by atomic mass is 35.5. The SMILES string of the molecule is O=[N+]([O-])c1ccc(Cl)c(/C=N/N=C/c2cc([N+](=O)[O-])ccc2Cl)c1. The number of benzene rings is 2. The fourth-order valence-corrected chi connectivity index (χ4v) is 2.01. The zero-order chi connectivity index (χ0) is 17.7. The van der Waals surface area contributed by atoms with Gasteiger partial charge in [-0.25, -0.2) is 0 Å². The maximum absolute atomic E-state index is 10.7. The molecule has 2 aromatic rings. The molecule has 24 heavy (non-hydrogen) atoms. The third kappa shape index (κ3) is 4.34. The highest BCUT2D eigenvalue weighted by molar-refractivity contribution is 6.33. The lowest BCUT2D eigenvalue weighted by Gasteiger charge is -1.97. The van der Waals surface area contributed by atoms with E-state index in [1.54, 1.807) is 0 Å². The molecular formula is C14H8Cl2N4O4. The molecule has 0 bridgehead atoms. The van der Waals surface area contributed by atoms with Crippen LogP contribution in [-0.4, -0.2) is 22.3 Å². The minimum atomic E-state index is -0.556. The van der Waals surface area contributed by atoms with Crippen LogP contribution in [0, 0.1) is 20.2 Å². The maximum Gasteiger partial charge on any atom is 0.270 e. The first kappa shape index (κ1) is 17.5. The normalized spacial score (nSPS) is 11.2. The molecule has 0 amide bonds. The summed E-state index contributed by atoms with van der Waals surface area (Å²) in [6.45, 7) is 0. The molecule has 0 radical (unpaired) electrons. The Morgan fingerprint density at radius 2 is 1.17 bits per heavy atom. The first-order valence-electron chi connectivity index (χ1n) is 6.33. The van der Waals surface area contributed by atoms with Gasteiger partial charge in [0.1, 0.15) is 0 Å². The molecule has 2 aromatic carbocycles. The Morgan fingerprint density at radius 1 is 0.792 bits per heavy atom. The van der Waals surface area contributed by atoms with Gasteiger partial charge in [-0.3, -0.25) is 20.2 Å². The summed E-state index contributed by atoms with van der Waals surface area (Å²) >= 11 is 11.8. The Morgan fingerprint density at radius 3 is 1.50 bits per heavy atom. The fraction of sp³-hybridized carbons (Fsp3) is 0. The zero-order valence-electron chi connectivity index (χ0n) is 11.8. The van der Waals surface area contributed by atoms with E-state index in [0.717, 1.165) is 0 Å². The van der Waals surface area contributed by atoms with Crippen LogP contribution >= 0.6 is 23.2 Å². The lowest BCUT2D eigenvalue weighted by molar-refractivity contribution is -0.385. The van der Waals surface area contributed by atoms with Crippen LogP contribution in [0.3, 0.4) is 0 Å².